The number of rotatable bonds is 4. The first-order valence-corrected chi connectivity index (χ1v) is 9.12. The maximum Gasteiger partial charge on any atom is 0.254 e. The molecular formula is C21H24N4O3. The number of methoxy groups -OCH3 is 2. The molecule has 0 bridgehead atoms. The van der Waals surface area contributed by atoms with E-state index in [9.17, 15) is 10.1 Å². The normalized spacial score (nSPS) is 13.8. The van der Waals surface area contributed by atoms with Crippen LogP contribution in [-0.4, -0.2) is 56.2 Å². The molecule has 0 aliphatic carbocycles. The summed E-state index contributed by atoms with van der Waals surface area (Å²) in [5, 5.41) is 9.50. The van der Waals surface area contributed by atoms with E-state index in [1.807, 2.05) is 24.8 Å². The molecule has 1 aromatic carbocycles. The maximum absolute atomic E-state index is 12.9. The van der Waals surface area contributed by atoms with E-state index in [4.69, 9.17) is 9.47 Å². The predicted octanol–water partition coefficient (Wildman–Crippen LogP) is 2.55. The lowest BCUT2D eigenvalue weighted by Crippen LogP contribution is -2.49. The van der Waals surface area contributed by atoms with Gasteiger partial charge in [-0.25, -0.2) is 0 Å². The minimum Gasteiger partial charge on any atom is -0.497 e. The molecule has 7 heteroatoms. The number of anilines is 1. The predicted molar refractivity (Wildman–Crippen MR) is 106 cm³/mol. The fourth-order valence-corrected chi connectivity index (χ4v) is 3.46. The number of carbonyl (C=O) groups excluding carboxylic acids is 1. The van der Waals surface area contributed by atoms with Gasteiger partial charge in [-0.2, -0.15) is 5.26 Å². The Morgan fingerprint density at radius 2 is 1.64 bits per heavy atom. The number of hydrogen-bond donors (Lipinski definition) is 0. The third-order valence-corrected chi connectivity index (χ3v) is 4.93. The summed E-state index contributed by atoms with van der Waals surface area (Å²) in [7, 11) is 3.13. The molecule has 1 aliphatic rings. The number of benzene rings is 1. The van der Waals surface area contributed by atoms with Crippen LogP contribution in [0.2, 0.25) is 0 Å². The fourth-order valence-electron chi connectivity index (χ4n) is 3.46. The summed E-state index contributed by atoms with van der Waals surface area (Å²) in [4.78, 5) is 21.3. The Morgan fingerprint density at radius 3 is 2.18 bits per heavy atom. The van der Waals surface area contributed by atoms with Gasteiger partial charge in [0.1, 0.15) is 17.6 Å². The molecule has 1 amide bonds. The van der Waals surface area contributed by atoms with Gasteiger partial charge >= 0.3 is 0 Å². The van der Waals surface area contributed by atoms with E-state index in [1.165, 1.54) is 0 Å². The first-order chi connectivity index (χ1) is 13.5. The lowest BCUT2D eigenvalue weighted by molar-refractivity contribution is 0.0746. The van der Waals surface area contributed by atoms with Gasteiger partial charge in [-0.1, -0.05) is 0 Å². The molecule has 146 valence electrons. The molecule has 2 aromatic rings. The molecule has 1 saturated heterocycles. The lowest BCUT2D eigenvalue weighted by Gasteiger charge is -2.36. The van der Waals surface area contributed by atoms with E-state index >= 15 is 0 Å². The second-order valence-corrected chi connectivity index (χ2v) is 6.74. The minimum absolute atomic E-state index is 0.0561. The second-order valence-electron chi connectivity index (χ2n) is 6.74. The highest BCUT2D eigenvalue weighted by Crippen LogP contribution is 2.26. The van der Waals surface area contributed by atoms with Crippen molar-refractivity contribution in [2.24, 2.45) is 0 Å². The molecule has 7 nitrogen and oxygen atoms in total. The lowest BCUT2D eigenvalue weighted by atomic mass is 10.1. The molecule has 1 aromatic heterocycles. The summed E-state index contributed by atoms with van der Waals surface area (Å²) >= 11 is 0. The van der Waals surface area contributed by atoms with Gasteiger partial charge in [-0.05, 0) is 32.0 Å². The summed E-state index contributed by atoms with van der Waals surface area (Å²) in [6, 6.07) is 9.39. The van der Waals surface area contributed by atoms with Gasteiger partial charge in [0, 0.05) is 43.5 Å². The topological polar surface area (TPSA) is 78.7 Å². The van der Waals surface area contributed by atoms with Crippen LogP contribution < -0.4 is 14.4 Å². The van der Waals surface area contributed by atoms with Gasteiger partial charge in [0.15, 0.2) is 0 Å². The summed E-state index contributed by atoms with van der Waals surface area (Å²) in [6.45, 7) is 6.24. The Bertz CT molecular complexity index is 906. The number of amides is 1. The maximum atomic E-state index is 12.9. The molecule has 0 N–H and O–H groups in total. The van der Waals surface area contributed by atoms with Crippen LogP contribution in [0.5, 0.6) is 11.5 Å². The fraction of sp³-hybridized carbons (Fsp3) is 0.381. The number of piperazine rings is 1. The van der Waals surface area contributed by atoms with Gasteiger partial charge in [0.05, 0.1) is 31.2 Å². The molecule has 1 fully saturated rings. The summed E-state index contributed by atoms with van der Waals surface area (Å²) in [5.41, 5.74) is 3.65. The molecule has 0 unspecified atom stereocenters. The van der Waals surface area contributed by atoms with E-state index in [0.717, 1.165) is 17.1 Å². The third kappa shape index (κ3) is 3.86. The molecular weight excluding hydrogens is 356 g/mol. The molecule has 1 aliphatic heterocycles. The molecule has 28 heavy (non-hydrogen) atoms. The van der Waals surface area contributed by atoms with E-state index in [0.29, 0.717) is 48.8 Å². The van der Waals surface area contributed by atoms with Gasteiger partial charge in [-0.15, -0.1) is 0 Å². The number of carbonyl (C=O) groups is 1. The van der Waals surface area contributed by atoms with Gasteiger partial charge in [0.25, 0.3) is 5.91 Å². The first-order valence-electron chi connectivity index (χ1n) is 9.12. The number of aryl methyl sites for hydroxylation is 2. The zero-order valence-corrected chi connectivity index (χ0v) is 16.7. The van der Waals surface area contributed by atoms with Crippen molar-refractivity contribution in [3.8, 4) is 17.6 Å². The monoisotopic (exact) mass is 380 g/mol. The van der Waals surface area contributed by atoms with E-state index in [2.05, 4.69) is 16.0 Å². The number of hydrogen-bond acceptors (Lipinski definition) is 6. The standard InChI is InChI=1S/C21H24N4O3/c1-14-9-20(19(13-22)15(2)23-14)24-5-7-25(8-6-24)21(26)16-10-17(27-3)12-18(11-16)28-4/h9-12H,5-8H2,1-4H3. The average molecular weight is 380 g/mol. The van der Waals surface area contributed by atoms with E-state index < -0.39 is 0 Å². The number of aromatic nitrogens is 1. The van der Waals surface area contributed by atoms with Crippen molar-refractivity contribution < 1.29 is 14.3 Å². The highest BCUT2D eigenvalue weighted by Gasteiger charge is 2.25. The second kappa shape index (κ2) is 8.17. The molecule has 3 rings (SSSR count). The molecule has 0 spiro atoms. The van der Waals surface area contributed by atoms with Crippen LogP contribution >= 0.6 is 0 Å². The van der Waals surface area contributed by atoms with Crippen LogP contribution in [-0.2, 0) is 0 Å². The van der Waals surface area contributed by atoms with Crippen LogP contribution in [0.4, 0.5) is 5.69 Å². The summed E-state index contributed by atoms with van der Waals surface area (Å²) in [6.07, 6.45) is 0. The number of nitrogens with zero attached hydrogens (tertiary/aromatic N) is 4. The summed E-state index contributed by atoms with van der Waals surface area (Å²) in [5.74, 6) is 1.12. The van der Waals surface area contributed by atoms with Crippen LogP contribution in [0.25, 0.3) is 0 Å². The Morgan fingerprint density at radius 1 is 1.04 bits per heavy atom. The van der Waals surface area contributed by atoms with Gasteiger partial charge in [-0.3, -0.25) is 9.78 Å². The van der Waals surface area contributed by atoms with Crippen molar-refractivity contribution in [3.05, 3.63) is 46.8 Å². The van der Waals surface area contributed by atoms with Crippen LogP contribution in [0.15, 0.2) is 24.3 Å². The molecule has 0 radical (unpaired) electrons. The average Bonchev–Trinajstić information content (AvgIpc) is 2.72. The smallest absolute Gasteiger partial charge is 0.254 e. The van der Waals surface area contributed by atoms with Crippen LogP contribution in [0.3, 0.4) is 0 Å². The van der Waals surface area contributed by atoms with Crippen molar-refractivity contribution in [3.63, 3.8) is 0 Å². The van der Waals surface area contributed by atoms with E-state index in [1.54, 1.807) is 32.4 Å². The third-order valence-electron chi connectivity index (χ3n) is 4.93. The molecule has 0 saturated carbocycles. The van der Waals surface area contributed by atoms with Crippen molar-refractivity contribution in [1.82, 2.24) is 9.88 Å². The van der Waals surface area contributed by atoms with E-state index in [-0.39, 0.29) is 5.91 Å². The molecule has 0 atom stereocenters. The van der Waals surface area contributed by atoms with Crippen molar-refractivity contribution in [2.45, 2.75) is 13.8 Å². The Hall–Kier alpha value is -3.27. The Balaban J connectivity index is 1.76. The highest BCUT2D eigenvalue weighted by molar-refractivity contribution is 5.95. The van der Waals surface area contributed by atoms with Crippen molar-refractivity contribution in [2.75, 3.05) is 45.3 Å². The van der Waals surface area contributed by atoms with Crippen molar-refractivity contribution in [1.29, 1.82) is 5.26 Å². The largest absolute Gasteiger partial charge is 0.497 e. The number of ether oxygens (including phenoxy) is 2. The highest BCUT2D eigenvalue weighted by atomic mass is 16.5. The zero-order valence-electron chi connectivity index (χ0n) is 16.7. The minimum atomic E-state index is -0.0561. The number of nitriles is 1. The molecule has 2 heterocycles. The van der Waals surface area contributed by atoms with Gasteiger partial charge in [0.2, 0.25) is 0 Å². The Kier molecular flexibility index (Phi) is 5.69. The van der Waals surface area contributed by atoms with Crippen LogP contribution in [0, 0.1) is 25.2 Å². The Labute approximate surface area is 165 Å². The number of pyridine rings is 1. The van der Waals surface area contributed by atoms with Crippen molar-refractivity contribution >= 4 is 11.6 Å². The van der Waals surface area contributed by atoms with Gasteiger partial charge < -0.3 is 19.3 Å². The summed E-state index contributed by atoms with van der Waals surface area (Å²) < 4.78 is 10.5. The SMILES string of the molecule is COc1cc(OC)cc(C(=O)N2CCN(c3cc(C)nc(C)c3C#N)CC2)c1. The zero-order chi connectivity index (χ0) is 20.3. The first kappa shape index (κ1) is 19.5. The quantitative estimate of drug-likeness (QED) is 0.811. The van der Waals surface area contributed by atoms with Crippen LogP contribution in [0.1, 0.15) is 27.3 Å².